The fourth-order valence-corrected chi connectivity index (χ4v) is 1.73. The van der Waals surface area contributed by atoms with Gasteiger partial charge in [0.25, 0.3) is 0 Å². The van der Waals surface area contributed by atoms with Crippen molar-refractivity contribution in [1.29, 1.82) is 0 Å². The summed E-state index contributed by atoms with van der Waals surface area (Å²) in [5.41, 5.74) is 2.43. The number of anilines is 1. The van der Waals surface area contributed by atoms with Gasteiger partial charge in [-0.15, -0.1) is 0 Å². The van der Waals surface area contributed by atoms with Gasteiger partial charge in [0.1, 0.15) is 11.6 Å². The van der Waals surface area contributed by atoms with Crippen LogP contribution in [0.15, 0.2) is 24.5 Å². The van der Waals surface area contributed by atoms with Gasteiger partial charge in [0, 0.05) is 12.2 Å². The summed E-state index contributed by atoms with van der Waals surface area (Å²) in [6.45, 7) is 2.94. The number of nitrogens with one attached hydrogen (secondary N) is 2. The van der Waals surface area contributed by atoms with Gasteiger partial charge in [-0.2, -0.15) is 5.10 Å². The van der Waals surface area contributed by atoms with Crippen molar-refractivity contribution >= 4 is 5.82 Å². The highest BCUT2D eigenvalue weighted by Crippen LogP contribution is 2.11. The summed E-state index contributed by atoms with van der Waals surface area (Å²) in [6.07, 6.45) is 5.67. The molecule has 2 rings (SSSR count). The molecule has 2 aromatic rings. The molecule has 0 unspecified atom stereocenters. The van der Waals surface area contributed by atoms with Crippen LogP contribution in [-0.4, -0.2) is 28.8 Å². The summed E-state index contributed by atoms with van der Waals surface area (Å²) in [5.74, 6) is 1.65. The zero-order valence-electron chi connectivity index (χ0n) is 10.7. The van der Waals surface area contributed by atoms with Crippen LogP contribution >= 0.6 is 0 Å². The molecule has 0 saturated carbocycles. The number of H-pyrrole nitrogens is 1. The van der Waals surface area contributed by atoms with Gasteiger partial charge in [-0.3, -0.25) is 5.10 Å². The molecule has 18 heavy (non-hydrogen) atoms. The number of pyridine rings is 1. The number of aryl methyl sites for hydroxylation is 2. The van der Waals surface area contributed by atoms with Gasteiger partial charge < -0.3 is 10.1 Å². The minimum atomic E-state index is 0.773. The highest BCUT2D eigenvalue weighted by atomic mass is 16.5. The summed E-state index contributed by atoms with van der Waals surface area (Å²) < 4.78 is 5.06. The lowest BCUT2D eigenvalue weighted by Crippen LogP contribution is -2.04. The monoisotopic (exact) mass is 246 g/mol. The van der Waals surface area contributed by atoms with Crippen molar-refractivity contribution in [2.75, 3.05) is 19.0 Å². The largest absolute Gasteiger partial charge is 0.495 e. The van der Waals surface area contributed by atoms with E-state index in [1.165, 1.54) is 5.56 Å². The van der Waals surface area contributed by atoms with Gasteiger partial charge in [0.2, 0.25) is 0 Å². The number of rotatable bonds is 6. The molecule has 0 fully saturated rings. The first-order valence-electron chi connectivity index (χ1n) is 6.02. The molecule has 5 nitrogen and oxygen atoms in total. The molecule has 0 radical (unpaired) electrons. The Balaban J connectivity index is 1.73. The van der Waals surface area contributed by atoms with E-state index in [1.54, 1.807) is 13.3 Å². The summed E-state index contributed by atoms with van der Waals surface area (Å²) in [5, 5.41) is 10.2. The van der Waals surface area contributed by atoms with E-state index >= 15 is 0 Å². The zero-order chi connectivity index (χ0) is 12.8. The standard InChI is InChI=1S/C13H18N4O/c1-10-11(8-16-17-10)4-3-7-14-13-6-5-12(18-2)9-15-13/h5-6,8-9H,3-4,7H2,1-2H3,(H,14,15)(H,16,17). The molecule has 0 aliphatic rings. The number of aromatic nitrogens is 3. The Kier molecular flexibility index (Phi) is 4.17. The van der Waals surface area contributed by atoms with Gasteiger partial charge in [-0.1, -0.05) is 0 Å². The topological polar surface area (TPSA) is 62.8 Å². The van der Waals surface area contributed by atoms with Crippen molar-refractivity contribution in [3.63, 3.8) is 0 Å². The van der Waals surface area contributed by atoms with Crippen molar-refractivity contribution < 1.29 is 4.74 Å². The van der Waals surface area contributed by atoms with Gasteiger partial charge in [-0.25, -0.2) is 4.98 Å². The van der Waals surface area contributed by atoms with E-state index < -0.39 is 0 Å². The third-order valence-corrected chi connectivity index (χ3v) is 2.84. The predicted octanol–water partition coefficient (Wildman–Crippen LogP) is 2.17. The molecule has 0 atom stereocenters. The number of hydrogen-bond donors (Lipinski definition) is 2. The first-order valence-corrected chi connectivity index (χ1v) is 6.02. The molecule has 0 spiro atoms. The van der Waals surface area contributed by atoms with E-state index in [4.69, 9.17) is 4.74 Å². The number of nitrogens with zero attached hydrogens (tertiary/aromatic N) is 2. The van der Waals surface area contributed by atoms with Crippen molar-refractivity contribution in [3.8, 4) is 5.75 Å². The minimum absolute atomic E-state index is 0.773. The lowest BCUT2D eigenvalue weighted by atomic mass is 10.1. The van der Waals surface area contributed by atoms with Crippen LogP contribution in [-0.2, 0) is 6.42 Å². The second-order valence-electron chi connectivity index (χ2n) is 4.13. The lowest BCUT2D eigenvalue weighted by Gasteiger charge is -2.06. The maximum Gasteiger partial charge on any atom is 0.137 e. The third-order valence-electron chi connectivity index (χ3n) is 2.84. The second-order valence-corrected chi connectivity index (χ2v) is 4.13. The molecule has 2 aromatic heterocycles. The van der Waals surface area contributed by atoms with E-state index in [1.807, 2.05) is 25.3 Å². The van der Waals surface area contributed by atoms with Gasteiger partial charge in [0.15, 0.2) is 0 Å². The fourth-order valence-electron chi connectivity index (χ4n) is 1.73. The van der Waals surface area contributed by atoms with Crippen molar-refractivity contribution in [2.45, 2.75) is 19.8 Å². The molecule has 5 heteroatoms. The fraction of sp³-hybridized carbons (Fsp3) is 0.385. The summed E-state index contributed by atoms with van der Waals surface area (Å²) in [6, 6.07) is 3.82. The zero-order valence-corrected chi connectivity index (χ0v) is 10.7. The van der Waals surface area contributed by atoms with Gasteiger partial charge >= 0.3 is 0 Å². The Hall–Kier alpha value is -2.04. The SMILES string of the molecule is COc1ccc(NCCCc2cn[nH]c2C)nc1. The Bertz CT molecular complexity index is 478. The van der Waals surface area contributed by atoms with Crippen molar-refractivity contribution in [2.24, 2.45) is 0 Å². The molecule has 2 N–H and O–H groups in total. The third kappa shape index (κ3) is 3.23. The van der Waals surface area contributed by atoms with Crippen LogP contribution in [0, 0.1) is 6.92 Å². The van der Waals surface area contributed by atoms with Crippen LogP contribution in [0.1, 0.15) is 17.7 Å². The number of methoxy groups -OCH3 is 1. The minimum Gasteiger partial charge on any atom is -0.495 e. The molecule has 0 aliphatic heterocycles. The summed E-state index contributed by atoms with van der Waals surface area (Å²) in [4.78, 5) is 4.25. The van der Waals surface area contributed by atoms with E-state index in [0.29, 0.717) is 0 Å². The summed E-state index contributed by atoms with van der Waals surface area (Å²) >= 11 is 0. The van der Waals surface area contributed by atoms with Crippen molar-refractivity contribution in [3.05, 3.63) is 35.8 Å². The van der Waals surface area contributed by atoms with E-state index in [2.05, 4.69) is 20.5 Å². The smallest absolute Gasteiger partial charge is 0.137 e. The highest BCUT2D eigenvalue weighted by Gasteiger charge is 2.00. The van der Waals surface area contributed by atoms with Crippen LogP contribution < -0.4 is 10.1 Å². The van der Waals surface area contributed by atoms with Crippen LogP contribution in [0.2, 0.25) is 0 Å². The molecule has 0 aromatic carbocycles. The van der Waals surface area contributed by atoms with Crippen LogP contribution in [0.3, 0.4) is 0 Å². The molecular weight excluding hydrogens is 228 g/mol. The molecular formula is C13H18N4O. The number of aromatic amines is 1. The first-order chi connectivity index (χ1) is 8.79. The quantitative estimate of drug-likeness (QED) is 0.767. The van der Waals surface area contributed by atoms with E-state index in [-0.39, 0.29) is 0 Å². The molecule has 2 heterocycles. The van der Waals surface area contributed by atoms with Gasteiger partial charge in [-0.05, 0) is 37.5 Å². The Morgan fingerprint density at radius 1 is 1.33 bits per heavy atom. The Morgan fingerprint density at radius 2 is 2.22 bits per heavy atom. The maximum absolute atomic E-state index is 5.06. The number of hydrogen-bond acceptors (Lipinski definition) is 4. The molecule has 0 amide bonds. The first kappa shape index (κ1) is 12.4. The lowest BCUT2D eigenvalue weighted by molar-refractivity contribution is 0.413. The molecule has 96 valence electrons. The average Bonchev–Trinajstić information content (AvgIpc) is 2.81. The average molecular weight is 246 g/mol. The molecule has 0 saturated heterocycles. The van der Waals surface area contributed by atoms with Crippen LogP contribution in [0.5, 0.6) is 5.75 Å². The molecule has 0 bridgehead atoms. The predicted molar refractivity (Wildman–Crippen MR) is 70.9 cm³/mol. The summed E-state index contributed by atoms with van der Waals surface area (Å²) in [7, 11) is 1.64. The molecule has 0 aliphatic carbocycles. The second kappa shape index (κ2) is 6.05. The van der Waals surface area contributed by atoms with Crippen LogP contribution in [0.25, 0.3) is 0 Å². The highest BCUT2D eigenvalue weighted by molar-refractivity contribution is 5.37. The van der Waals surface area contributed by atoms with Crippen molar-refractivity contribution in [1.82, 2.24) is 15.2 Å². The van der Waals surface area contributed by atoms with E-state index in [0.717, 1.165) is 36.6 Å². The van der Waals surface area contributed by atoms with E-state index in [9.17, 15) is 0 Å². The Labute approximate surface area is 107 Å². The normalized spacial score (nSPS) is 10.3. The van der Waals surface area contributed by atoms with Crippen LogP contribution in [0.4, 0.5) is 5.82 Å². The maximum atomic E-state index is 5.06. The van der Waals surface area contributed by atoms with Gasteiger partial charge in [0.05, 0.1) is 19.5 Å². The number of ether oxygens (including phenoxy) is 1. The Morgan fingerprint density at radius 3 is 2.83 bits per heavy atom.